The van der Waals surface area contributed by atoms with Gasteiger partial charge in [0.25, 0.3) is 0 Å². The minimum absolute atomic E-state index is 0.104. The van der Waals surface area contributed by atoms with Gasteiger partial charge in [-0.2, -0.15) is 0 Å². The Morgan fingerprint density at radius 2 is 1.21 bits per heavy atom. The summed E-state index contributed by atoms with van der Waals surface area (Å²) in [6.45, 7) is 6.45. The van der Waals surface area contributed by atoms with Gasteiger partial charge in [-0.1, -0.05) is 102 Å². The number of aryl methyl sites for hydroxylation is 3. The lowest BCUT2D eigenvalue weighted by atomic mass is 9.87. The summed E-state index contributed by atoms with van der Waals surface area (Å²) in [5.74, 6) is 0.130. The third-order valence-corrected chi connectivity index (χ3v) is 9.44. The van der Waals surface area contributed by atoms with Crippen molar-refractivity contribution in [2.24, 2.45) is 0 Å². The normalized spacial score (nSPS) is 18.3. The van der Waals surface area contributed by atoms with Gasteiger partial charge in [-0.3, -0.25) is 0 Å². The molecule has 48 heavy (non-hydrogen) atoms. The summed E-state index contributed by atoms with van der Waals surface area (Å²) in [4.78, 5) is 4.91. The fraction of sp³-hybridized carbons (Fsp3) is 0.200. The summed E-state index contributed by atoms with van der Waals surface area (Å²) >= 11 is 0. The Labute approximate surface area is 286 Å². The lowest BCUT2D eigenvalue weighted by Crippen LogP contribution is -2.27. The Balaban J connectivity index is 1.41. The molecule has 0 fully saturated rings. The van der Waals surface area contributed by atoms with Crippen molar-refractivity contribution in [3.05, 3.63) is 185 Å². The molecule has 0 aromatic heterocycles. The van der Waals surface area contributed by atoms with Crippen LogP contribution in [0.1, 0.15) is 53.9 Å². The molecule has 3 aliphatic carbocycles. The van der Waals surface area contributed by atoms with Crippen LogP contribution in [-0.2, 0) is 0 Å². The predicted octanol–water partition coefficient (Wildman–Crippen LogP) is 12.0. The largest absolute Gasteiger partial charge is 0.378 e. The first-order valence-electron chi connectivity index (χ1n) is 17.3. The molecule has 0 aliphatic heterocycles. The van der Waals surface area contributed by atoms with Crippen molar-refractivity contribution in [1.29, 1.82) is 0 Å². The zero-order valence-electron chi connectivity index (χ0n) is 28.3. The minimum Gasteiger partial charge on any atom is -0.378 e. The molecule has 2 unspecified atom stereocenters. The molecule has 4 aromatic carbocycles. The Hall–Kier alpha value is -5.28. The highest BCUT2D eigenvalue weighted by atomic mass is 15.2. The molecule has 3 heteroatoms. The second-order valence-corrected chi connectivity index (χ2v) is 13.2. The smallest absolute Gasteiger partial charge is 0.0550 e. The average molecular weight is 628 g/mol. The maximum atomic E-state index is 3.85. The number of allylic oxidation sites excluding steroid dienone is 9. The summed E-state index contributed by atoms with van der Waals surface area (Å²) in [6, 6.07) is 33.9. The van der Waals surface area contributed by atoms with Crippen molar-refractivity contribution < 1.29 is 0 Å². The highest BCUT2D eigenvalue weighted by Gasteiger charge is 2.26. The molecule has 0 saturated carbocycles. The Kier molecular flexibility index (Phi) is 9.29. The number of nitrogens with zero attached hydrogens (tertiary/aromatic N) is 2. The Morgan fingerprint density at radius 3 is 1.83 bits per heavy atom. The zero-order valence-corrected chi connectivity index (χ0v) is 28.3. The van der Waals surface area contributed by atoms with Gasteiger partial charge in [-0.15, -0.1) is 0 Å². The van der Waals surface area contributed by atoms with Crippen LogP contribution in [0.4, 0.5) is 28.4 Å². The van der Waals surface area contributed by atoms with Crippen LogP contribution in [0.3, 0.4) is 0 Å². The highest BCUT2D eigenvalue weighted by molar-refractivity contribution is 5.79. The molecule has 0 radical (unpaired) electrons. The quantitative estimate of drug-likeness (QED) is 0.199. The minimum atomic E-state index is 0.104. The number of benzene rings is 4. The van der Waals surface area contributed by atoms with Crippen molar-refractivity contribution in [2.45, 2.75) is 58.4 Å². The summed E-state index contributed by atoms with van der Waals surface area (Å²) in [5.41, 5.74) is 13.4. The zero-order chi connectivity index (χ0) is 32.9. The van der Waals surface area contributed by atoms with Gasteiger partial charge in [0.15, 0.2) is 0 Å². The van der Waals surface area contributed by atoms with Crippen molar-refractivity contribution in [3.8, 4) is 0 Å². The average Bonchev–Trinajstić information content (AvgIpc) is 3.12. The summed E-state index contributed by atoms with van der Waals surface area (Å²) in [6.07, 6.45) is 26.9. The molecular weight excluding hydrogens is 583 g/mol. The fourth-order valence-electron chi connectivity index (χ4n) is 6.83. The van der Waals surface area contributed by atoms with E-state index < -0.39 is 0 Å². The molecule has 1 N–H and O–H groups in total. The molecule has 0 saturated heterocycles. The summed E-state index contributed by atoms with van der Waals surface area (Å²) in [7, 11) is 0. The first-order valence-corrected chi connectivity index (χ1v) is 17.3. The predicted molar refractivity (Wildman–Crippen MR) is 206 cm³/mol. The van der Waals surface area contributed by atoms with E-state index in [1.165, 1.54) is 45.0 Å². The lowest BCUT2D eigenvalue weighted by Gasteiger charge is -2.34. The van der Waals surface area contributed by atoms with E-state index in [1.807, 2.05) is 0 Å². The molecule has 0 heterocycles. The summed E-state index contributed by atoms with van der Waals surface area (Å²) in [5, 5.41) is 3.85. The number of rotatable bonds is 9. The molecule has 0 amide bonds. The molecule has 240 valence electrons. The van der Waals surface area contributed by atoms with Gasteiger partial charge in [0.05, 0.1) is 6.04 Å². The maximum Gasteiger partial charge on any atom is 0.0550 e. The second kappa shape index (κ2) is 14.2. The van der Waals surface area contributed by atoms with E-state index in [9.17, 15) is 0 Å². The lowest BCUT2D eigenvalue weighted by molar-refractivity contribution is 0.755. The maximum absolute atomic E-state index is 3.85. The van der Waals surface area contributed by atoms with Crippen molar-refractivity contribution >= 4 is 28.4 Å². The topological polar surface area (TPSA) is 18.5 Å². The number of anilines is 5. The number of nitrogens with one attached hydrogen (secondary N) is 1. The third kappa shape index (κ3) is 7.01. The van der Waals surface area contributed by atoms with Gasteiger partial charge < -0.3 is 15.1 Å². The van der Waals surface area contributed by atoms with Gasteiger partial charge in [0, 0.05) is 45.7 Å². The summed E-state index contributed by atoms with van der Waals surface area (Å²) < 4.78 is 0. The van der Waals surface area contributed by atoms with Crippen LogP contribution in [0, 0.1) is 20.8 Å². The molecule has 0 bridgehead atoms. The first-order chi connectivity index (χ1) is 23.5. The second-order valence-electron chi connectivity index (χ2n) is 13.2. The van der Waals surface area contributed by atoms with E-state index in [0.29, 0.717) is 0 Å². The number of hydrogen-bond acceptors (Lipinski definition) is 3. The van der Waals surface area contributed by atoms with Crippen LogP contribution >= 0.6 is 0 Å². The molecule has 3 aliphatic rings. The van der Waals surface area contributed by atoms with Crippen LogP contribution in [0.5, 0.6) is 0 Å². The van der Waals surface area contributed by atoms with E-state index in [-0.39, 0.29) is 12.0 Å². The monoisotopic (exact) mass is 627 g/mol. The third-order valence-electron chi connectivity index (χ3n) is 9.44. The van der Waals surface area contributed by atoms with E-state index in [0.717, 1.165) is 42.7 Å². The van der Waals surface area contributed by atoms with E-state index >= 15 is 0 Å². The molecule has 3 nitrogen and oxygen atoms in total. The molecule has 2 atom stereocenters. The van der Waals surface area contributed by atoms with E-state index in [2.05, 4.69) is 188 Å². The highest BCUT2D eigenvalue weighted by Crippen LogP contribution is 2.42. The molecular formula is C45H45N3. The van der Waals surface area contributed by atoms with E-state index in [1.54, 1.807) is 0 Å². The Morgan fingerprint density at radius 1 is 0.583 bits per heavy atom. The fourth-order valence-corrected chi connectivity index (χ4v) is 6.83. The van der Waals surface area contributed by atoms with Crippen LogP contribution in [0.2, 0.25) is 0 Å². The van der Waals surface area contributed by atoms with Gasteiger partial charge in [0.2, 0.25) is 0 Å². The van der Waals surface area contributed by atoms with Crippen molar-refractivity contribution in [1.82, 2.24) is 0 Å². The van der Waals surface area contributed by atoms with Gasteiger partial charge in [-0.05, 0) is 119 Å². The number of hydrogen-bond donors (Lipinski definition) is 1. The molecule has 0 spiro atoms. The first kappa shape index (κ1) is 31.3. The standard InChI is InChI=1S/C45H45N3/c1-33-18-24-37(25-19-33)46-45-17-11-10-16-44(45)36-30-42(47(38-12-6-4-7-13-38)40-26-20-34(2)21-27-40)32-43(31-36)48(39-14-8-5-9-15-39)41-28-22-35(3)23-29-41/h4,6,8,10-12,14-32,44-46H,5,7,9,13H2,1-3H3. The van der Waals surface area contributed by atoms with Crippen LogP contribution in [-0.4, -0.2) is 6.04 Å². The SMILES string of the molecule is Cc1ccc(NC2C=CC=CC2c2cc(N(C3=CCCC=C3)c3ccc(C)cc3)cc(N(C3=CC=CCC3)c3ccc(C)cc3)c2)cc1. The molecule has 7 rings (SSSR count). The van der Waals surface area contributed by atoms with Gasteiger partial charge in [0.1, 0.15) is 0 Å². The molecule has 4 aromatic rings. The van der Waals surface area contributed by atoms with E-state index in [4.69, 9.17) is 0 Å². The van der Waals surface area contributed by atoms with Crippen molar-refractivity contribution in [2.75, 3.05) is 15.1 Å². The Bertz CT molecular complexity index is 1920. The van der Waals surface area contributed by atoms with Gasteiger partial charge in [-0.25, -0.2) is 0 Å². The van der Waals surface area contributed by atoms with Gasteiger partial charge >= 0.3 is 0 Å². The van der Waals surface area contributed by atoms with Crippen molar-refractivity contribution in [3.63, 3.8) is 0 Å². The van der Waals surface area contributed by atoms with Crippen LogP contribution in [0.25, 0.3) is 0 Å². The van der Waals surface area contributed by atoms with Crippen LogP contribution in [0.15, 0.2) is 163 Å². The van der Waals surface area contributed by atoms with Crippen LogP contribution < -0.4 is 15.1 Å².